The van der Waals surface area contributed by atoms with Crippen molar-refractivity contribution in [3.8, 4) is 16.9 Å². The highest BCUT2D eigenvalue weighted by Crippen LogP contribution is 2.25. The molecule has 2 aromatic carbocycles. The third-order valence-electron chi connectivity index (χ3n) is 4.00. The van der Waals surface area contributed by atoms with Gasteiger partial charge >= 0.3 is 0 Å². The molecular weight excluding hydrogens is 284 g/mol. The van der Waals surface area contributed by atoms with E-state index < -0.39 is 0 Å². The molecule has 1 unspecified atom stereocenters. The molecule has 0 aliphatic heterocycles. The number of hydrogen-bond acceptors (Lipinski definition) is 2. The lowest BCUT2D eigenvalue weighted by atomic mass is 10.0. The van der Waals surface area contributed by atoms with Gasteiger partial charge < -0.3 is 9.47 Å². The molecule has 1 atom stereocenters. The highest BCUT2D eigenvalue weighted by molar-refractivity contribution is 5.64. The molecule has 2 rings (SSSR count). The lowest BCUT2D eigenvalue weighted by Gasteiger charge is -2.12. The van der Waals surface area contributed by atoms with Crippen molar-refractivity contribution in [1.82, 2.24) is 0 Å². The van der Waals surface area contributed by atoms with Gasteiger partial charge in [-0.3, -0.25) is 0 Å². The molecule has 0 spiro atoms. The van der Waals surface area contributed by atoms with Crippen LogP contribution in [-0.2, 0) is 4.74 Å². The third-order valence-corrected chi connectivity index (χ3v) is 4.00. The molecule has 0 N–H and O–H groups in total. The third kappa shape index (κ3) is 5.40. The Hall–Kier alpha value is -1.80. The lowest BCUT2D eigenvalue weighted by Crippen LogP contribution is -1.99. The van der Waals surface area contributed by atoms with Crippen molar-refractivity contribution in [1.29, 1.82) is 0 Å². The van der Waals surface area contributed by atoms with Crippen LogP contribution in [0.4, 0.5) is 0 Å². The normalized spacial score (nSPS) is 12.1. The van der Waals surface area contributed by atoms with Crippen LogP contribution in [0.15, 0.2) is 48.5 Å². The van der Waals surface area contributed by atoms with Gasteiger partial charge in [-0.25, -0.2) is 0 Å². The molecular formula is C21H28O2. The molecule has 0 fully saturated rings. The summed E-state index contributed by atoms with van der Waals surface area (Å²) in [4.78, 5) is 0. The summed E-state index contributed by atoms with van der Waals surface area (Å²) in [7, 11) is 0. The van der Waals surface area contributed by atoms with Crippen molar-refractivity contribution in [2.45, 2.75) is 46.1 Å². The Kier molecular flexibility index (Phi) is 7.15. The summed E-state index contributed by atoms with van der Waals surface area (Å²) in [6, 6.07) is 16.9. The molecule has 0 saturated heterocycles. The lowest BCUT2D eigenvalue weighted by molar-refractivity contribution is 0.0764. The van der Waals surface area contributed by atoms with E-state index in [1.807, 2.05) is 6.92 Å². The molecule has 0 radical (unpaired) electrons. The number of ether oxygens (including phenoxy) is 2. The van der Waals surface area contributed by atoms with Crippen molar-refractivity contribution < 1.29 is 9.47 Å². The van der Waals surface area contributed by atoms with Crippen LogP contribution in [0.2, 0.25) is 0 Å². The fraction of sp³-hybridized carbons (Fsp3) is 0.429. The molecule has 0 saturated carbocycles. The quantitative estimate of drug-likeness (QED) is 0.527. The first kappa shape index (κ1) is 17.6. The van der Waals surface area contributed by atoms with Gasteiger partial charge in [-0.15, -0.1) is 0 Å². The summed E-state index contributed by atoms with van der Waals surface area (Å²) < 4.78 is 11.4. The number of benzene rings is 2. The highest BCUT2D eigenvalue weighted by atomic mass is 16.5. The van der Waals surface area contributed by atoms with Crippen LogP contribution in [0.25, 0.3) is 11.1 Å². The Balaban J connectivity index is 1.96. The first-order valence-electron chi connectivity index (χ1n) is 8.69. The first-order chi connectivity index (χ1) is 11.2. The molecule has 0 aliphatic carbocycles. The minimum Gasteiger partial charge on any atom is -0.494 e. The van der Waals surface area contributed by atoms with E-state index in [2.05, 4.69) is 62.4 Å². The summed E-state index contributed by atoms with van der Waals surface area (Å²) in [6.07, 6.45) is 3.72. The van der Waals surface area contributed by atoms with Crippen LogP contribution in [0.3, 0.4) is 0 Å². The SMILES string of the molecule is CCCCCOc1ccc(-c2ccc(C(C)OCC)cc2)cc1. The van der Waals surface area contributed by atoms with Gasteiger partial charge in [0.1, 0.15) is 5.75 Å². The largest absolute Gasteiger partial charge is 0.494 e. The average molecular weight is 312 g/mol. The molecule has 0 heterocycles. The summed E-state index contributed by atoms with van der Waals surface area (Å²) >= 11 is 0. The molecule has 2 nitrogen and oxygen atoms in total. The fourth-order valence-corrected chi connectivity index (χ4v) is 2.58. The van der Waals surface area contributed by atoms with Gasteiger partial charge in [0.05, 0.1) is 12.7 Å². The van der Waals surface area contributed by atoms with Gasteiger partial charge in [-0.1, -0.05) is 56.2 Å². The molecule has 0 aromatic heterocycles. The second-order valence-electron chi connectivity index (χ2n) is 5.80. The van der Waals surface area contributed by atoms with Crippen molar-refractivity contribution in [2.24, 2.45) is 0 Å². The Morgan fingerprint density at radius 1 is 0.826 bits per heavy atom. The Morgan fingerprint density at radius 3 is 2.00 bits per heavy atom. The number of hydrogen-bond donors (Lipinski definition) is 0. The summed E-state index contributed by atoms with van der Waals surface area (Å²) in [6.45, 7) is 7.86. The molecule has 0 aliphatic rings. The van der Waals surface area contributed by atoms with E-state index in [0.717, 1.165) is 25.4 Å². The van der Waals surface area contributed by atoms with E-state index in [1.54, 1.807) is 0 Å². The Bertz CT molecular complexity index is 557. The van der Waals surface area contributed by atoms with Crippen molar-refractivity contribution in [3.05, 3.63) is 54.1 Å². The van der Waals surface area contributed by atoms with E-state index in [4.69, 9.17) is 9.47 Å². The minimum atomic E-state index is 0.146. The maximum atomic E-state index is 5.76. The molecule has 0 bridgehead atoms. The van der Waals surface area contributed by atoms with Gasteiger partial charge in [0, 0.05) is 6.61 Å². The van der Waals surface area contributed by atoms with E-state index in [9.17, 15) is 0 Å². The molecule has 23 heavy (non-hydrogen) atoms. The van der Waals surface area contributed by atoms with Crippen molar-refractivity contribution >= 4 is 0 Å². The highest BCUT2D eigenvalue weighted by Gasteiger charge is 2.05. The van der Waals surface area contributed by atoms with E-state index in [0.29, 0.717) is 0 Å². The van der Waals surface area contributed by atoms with E-state index in [-0.39, 0.29) is 6.10 Å². The zero-order chi connectivity index (χ0) is 16.5. The summed E-state index contributed by atoms with van der Waals surface area (Å²) in [5.74, 6) is 0.950. The minimum absolute atomic E-state index is 0.146. The Morgan fingerprint density at radius 2 is 1.43 bits per heavy atom. The number of rotatable bonds is 9. The van der Waals surface area contributed by atoms with E-state index >= 15 is 0 Å². The first-order valence-corrected chi connectivity index (χ1v) is 8.69. The second kappa shape index (κ2) is 9.36. The van der Waals surface area contributed by atoms with Gasteiger partial charge in [-0.2, -0.15) is 0 Å². The smallest absolute Gasteiger partial charge is 0.119 e. The maximum absolute atomic E-state index is 5.76. The van der Waals surface area contributed by atoms with Gasteiger partial charge in [-0.05, 0) is 49.1 Å². The van der Waals surface area contributed by atoms with Gasteiger partial charge in [0.2, 0.25) is 0 Å². The monoisotopic (exact) mass is 312 g/mol. The number of unbranched alkanes of at least 4 members (excludes halogenated alkanes) is 2. The fourth-order valence-electron chi connectivity index (χ4n) is 2.58. The van der Waals surface area contributed by atoms with E-state index in [1.165, 1.54) is 29.5 Å². The molecule has 2 aromatic rings. The zero-order valence-corrected chi connectivity index (χ0v) is 14.5. The topological polar surface area (TPSA) is 18.5 Å². The van der Waals surface area contributed by atoms with Crippen molar-refractivity contribution in [2.75, 3.05) is 13.2 Å². The summed E-state index contributed by atoms with van der Waals surface area (Å²) in [5.41, 5.74) is 3.64. The van der Waals surface area contributed by atoms with Gasteiger partial charge in [0.15, 0.2) is 0 Å². The maximum Gasteiger partial charge on any atom is 0.119 e. The standard InChI is InChI=1S/C21H28O2/c1-4-6-7-16-23-21-14-12-20(13-15-21)19-10-8-18(9-11-19)17(3)22-5-2/h8-15,17H,4-7,16H2,1-3H3. The molecule has 2 heteroatoms. The van der Waals surface area contributed by atoms with Crippen LogP contribution >= 0.6 is 0 Å². The van der Waals surface area contributed by atoms with Crippen LogP contribution in [-0.4, -0.2) is 13.2 Å². The van der Waals surface area contributed by atoms with Crippen LogP contribution in [0.1, 0.15) is 51.7 Å². The predicted octanol–water partition coefficient (Wildman–Crippen LogP) is 6.02. The Labute approximate surface area is 140 Å². The van der Waals surface area contributed by atoms with Gasteiger partial charge in [0.25, 0.3) is 0 Å². The van der Waals surface area contributed by atoms with Crippen LogP contribution in [0.5, 0.6) is 5.75 Å². The predicted molar refractivity (Wildman–Crippen MR) is 96.9 cm³/mol. The second-order valence-corrected chi connectivity index (χ2v) is 5.80. The van der Waals surface area contributed by atoms with Crippen molar-refractivity contribution in [3.63, 3.8) is 0 Å². The molecule has 0 amide bonds. The molecule has 124 valence electrons. The van der Waals surface area contributed by atoms with Crippen LogP contribution in [0, 0.1) is 0 Å². The van der Waals surface area contributed by atoms with Crippen LogP contribution < -0.4 is 4.74 Å². The average Bonchev–Trinajstić information content (AvgIpc) is 2.60. The zero-order valence-electron chi connectivity index (χ0n) is 14.5. The summed E-state index contributed by atoms with van der Waals surface area (Å²) in [5, 5.41) is 0.